The van der Waals surface area contributed by atoms with Crippen LogP contribution >= 0.6 is 23.7 Å². The Morgan fingerprint density at radius 3 is 2.48 bits per heavy atom. The second kappa shape index (κ2) is 5.78. The molecule has 0 atom stereocenters. The number of nitrogens with two attached hydrogens (primary N) is 1. The molecule has 6 nitrogen and oxygen atoms in total. The van der Waals surface area contributed by atoms with Crippen molar-refractivity contribution in [3.05, 3.63) is 21.4 Å². The molecule has 0 aliphatic carbocycles. The molecule has 0 unspecified atom stereocenters. The number of rotatable bonds is 3. The first-order valence-electron chi connectivity index (χ1n) is 5.56. The van der Waals surface area contributed by atoms with Gasteiger partial charge in [0, 0.05) is 5.54 Å². The predicted molar refractivity (Wildman–Crippen MR) is 74.5 cm³/mol. The number of aromatic amines is 1. The standard InChI is InChI=1S/C10H12F3N5OS.ClH/c1-9(2,14)4-18-5(7-15-16-8(19)20-7)3-6(17-18)10(11,12)13;/h3H,4,14H2,1-2H3,(H,16,19);1H. The maximum absolute atomic E-state index is 12.7. The monoisotopic (exact) mass is 343 g/mol. The first kappa shape index (κ1) is 17.7. The van der Waals surface area contributed by atoms with Crippen molar-refractivity contribution in [2.75, 3.05) is 0 Å². The molecule has 2 heterocycles. The van der Waals surface area contributed by atoms with E-state index in [0.717, 1.165) is 10.7 Å². The number of nitrogens with zero attached hydrogens (tertiary/aromatic N) is 3. The van der Waals surface area contributed by atoms with Crippen LogP contribution in [0.1, 0.15) is 19.5 Å². The molecule has 0 fully saturated rings. The van der Waals surface area contributed by atoms with Crippen molar-refractivity contribution in [3.63, 3.8) is 0 Å². The fourth-order valence-electron chi connectivity index (χ4n) is 1.57. The second-order valence-electron chi connectivity index (χ2n) is 4.98. The summed E-state index contributed by atoms with van der Waals surface area (Å²) in [6, 6.07) is 0.859. The van der Waals surface area contributed by atoms with Crippen molar-refractivity contribution in [2.45, 2.75) is 32.1 Å². The lowest BCUT2D eigenvalue weighted by atomic mass is 10.1. The molecule has 0 aliphatic heterocycles. The minimum atomic E-state index is -4.57. The minimum Gasteiger partial charge on any atom is -0.324 e. The second-order valence-corrected chi connectivity index (χ2v) is 5.94. The molecule has 0 aromatic carbocycles. The quantitative estimate of drug-likeness (QED) is 0.890. The molecule has 118 valence electrons. The maximum atomic E-state index is 12.7. The van der Waals surface area contributed by atoms with E-state index in [2.05, 4.69) is 15.3 Å². The Balaban J connectivity index is 0.00000220. The highest BCUT2D eigenvalue weighted by Gasteiger charge is 2.36. The Hall–Kier alpha value is -1.39. The summed E-state index contributed by atoms with van der Waals surface area (Å²) in [6.45, 7) is 3.39. The average molecular weight is 344 g/mol. The van der Waals surface area contributed by atoms with Crippen molar-refractivity contribution in [1.82, 2.24) is 20.0 Å². The minimum absolute atomic E-state index is 0. The third-order valence-corrected chi connectivity index (χ3v) is 3.06. The van der Waals surface area contributed by atoms with E-state index in [-0.39, 0.29) is 29.7 Å². The van der Waals surface area contributed by atoms with E-state index in [0.29, 0.717) is 11.3 Å². The van der Waals surface area contributed by atoms with Crippen LogP contribution in [0.4, 0.5) is 13.2 Å². The first-order valence-corrected chi connectivity index (χ1v) is 6.38. The lowest BCUT2D eigenvalue weighted by molar-refractivity contribution is -0.141. The molecule has 3 N–H and O–H groups in total. The normalized spacial score (nSPS) is 12.3. The van der Waals surface area contributed by atoms with Crippen LogP contribution < -0.4 is 10.6 Å². The van der Waals surface area contributed by atoms with Gasteiger partial charge in [-0.15, -0.1) is 12.4 Å². The van der Waals surface area contributed by atoms with Gasteiger partial charge in [-0.2, -0.15) is 23.4 Å². The number of hydrogen-bond acceptors (Lipinski definition) is 5. The summed E-state index contributed by atoms with van der Waals surface area (Å²) in [4.78, 5) is 10.6. The Kier molecular flexibility index (Phi) is 4.86. The molecule has 21 heavy (non-hydrogen) atoms. The van der Waals surface area contributed by atoms with Crippen molar-refractivity contribution in [2.24, 2.45) is 5.73 Å². The van der Waals surface area contributed by atoms with Crippen LogP contribution in [-0.2, 0) is 12.7 Å². The molecule has 0 saturated carbocycles. The summed E-state index contributed by atoms with van der Waals surface area (Å²) in [5.41, 5.74) is 4.12. The molecule has 2 aromatic heterocycles. The van der Waals surface area contributed by atoms with Crippen LogP contribution in [0.2, 0.25) is 0 Å². The van der Waals surface area contributed by atoms with Crippen molar-refractivity contribution < 1.29 is 13.2 Å². The van der Waals surface area contributed by atoms with Gasteiger partial charge in [0.15, 0.2) is 10.7 Å². The zero-order valence-electron chi connectivity index (χ0n) is 11.1. The number of H-pyrrole nitrogens is 1. The summed E-state index contributed by atoms with van der Waals surface area (Å²) in [7, 11) is 0. The summed E-state index contributed by atoms with van der Waals surface area (Å²) in [5.74, 6) is 0. The van der Waals surface area contributed by atoms with E-state index >= 15 is 0 Å². The predicted octanol–water partition coefficient (Wildman–Crippen LogP) is 1.87. The number of nitrogens with one attached hydrogen (secondary N) is 1. The van der Waals surface area contributed by atoms with E-state index in [9.17, 15) is 18.0 Å². The highest BCUT2D eigenvalue weighted by molar-refractivity contribution is 7.12. The van der Waals surface area contributed by atoms with E-state index in [1.54, 1.807) is 13.8 Å². The van der Waals surface area contributed by atoms with Crippen LogP contribution in [0.15, 0.2) is 10.9 Å². The van der Waals surface area contributed by atoms with Gasteiger partial charge < -0.3 is 5.73 Å². The topological polar surface area (TPSA) is 89.6 Å². The Morgan fingerprint density at radius 2 is 2.05 bits per heavy atom. The zero-order valence-corrected chi connectivity index (χ0v) is 12.7. The highest BCUT2D eigenvalue weighted by atomic mass is 35.5. The molecule has 0 aliphatic rings. The van der Waals surface area contributed by atoms with Crippen LogP contribution in [0.3, 0.4) is 0 Å². The van der Waals surface area contributed by atoms with E-state index < -0.39 is 22.3 Å². The Morgan fingerprint density at radius 1 is 1.43 bits per heavy atom. The fraction of sp³-hybridized carbons (Fsp3) is 0.500. The van der Waals surface area contributed by atoms with E-state index in [1.165, 1.54) is 0 Å². The average Bonchev–Trinajstić information content (AvgIpc) is 2.81. The molecule has 2 aromatic rings. The smallest absolute Gasteiger partial charge is 0.324 e. The van der Waals surface area contributed by atoms with Crippen LogP contribution in [0.5, 0.6) is 0 Å². The lowest BCUT2D eigenvalue weighted by Crippen LogP contribution is -2.37. The van der Waals surface area contributed by atoms with Crippen LogP contribution in [0.25, 0.3) is 10.7 Å². The third kappa shape index (κ3) is 4.29. The van der Waals surface area contributed by atoms with Gasteiger partial charge in [0.1, 0.15) is 0 Å². The molecular weight excluding hydrogens is 331 g/mol. The Labute approximate surface area is 127 Å². The fourth-order valence-corrected chi connectivity index (χ4v) is 2.20. The number of alkyl halides is 3. The van der Waals surface area contributed by atoms with Gasteiger partial charge in [-0.1, -0.05) is 11.3 Å². The highest BCUT2D eigenvalue weighted by Crippen LogP contribution is 2.32. The number of hydrogen-bond donors (Lipinski definition) is 2. The van der Waals surface area contributed by atoms with Gasteiger partial charge in [-0.05, 0) is 19.9 Å². The molecule has 11 heteroatoms. The van der Waals surface area contributed by atoms with Gasteiger partial charge in [-0.25, -0.2) is 5.10 Å². The summed E-state index contributed by atoms with van der Waals surface area (Å²) < 4.78 is 39.3. The molecule has 0 bridgehead atoms. The van der Waals surface area contributed by atoms with Gasteiger partial charge in [0.05, 0.1) is 12.2 Å². The molecule has 2 rings (SSSR count). The summed E-state index contributed by atoms with van der Waals surface area (Å²) in [6.07, 6.45) is -4.57. The SMILES string of the molecule is CC(C)(N)Cn1nc(C(F)(F)F)cc1-c1n[nH]c(=O)s1.Cl. The van der Waals surface area contributed by atoms with Gasteiger partial charge in [-0.3, -0.25) is 9.48 Å². The first-order chi connectivity index (χ1) is 9.06. The molecular formula is C10H13ClF3N5OS. The molecule has 0 amide bonds. The zero-order chi connectivity index (χ0) is 15.1. The third-order valence-electron chi connectivity index (χ3n) is 2.28. The van der Waals surface area contributed by atoms with Gasteiger partial charge in [0.25, 0.3) is 0 Å². The van der Waals surface area contributed by atoms with Crippen molar-refractivity contribution >= 4 is 23.7 Å². The molecule has 0 radical (unpaired) electrons. The molecule has 0 spiro atoms. The van der Waals surface area contributed by atoms with Crippen molar-refractivity contribution in [1.29, 1.82) is 0 Å². The number of halogens is 4. The largest absolute Gasteiger partial charge is 0.435 e. The number of aromatic nitrogens is 4. The Bertz CT molecular complexity index is 669. The van der Waals surface area contributed by atoms with Crippen molar-refractivity contribution in [3.8, 4) is 10.7 Å². The van der Waals surface area contributed by atoms with E-state index in [4.69, 9.17) is 5.73 Å². The lowest BCUT2D eigenvalue weighted by Gasteiger charge is -2.19. The van der Waals surface area contributed by atoms with Gasteiger partial charge >= 0.3 is 11.0 Å². The summed E-state index contributed by atoms with van der Waals surface area (Å²) >= 11 is 0.714. The van der Waals surface area contributed by atoms with E-state index in [1.807, 2.05) is 0 Å². The molecule has 0 saturated heterocycles. The maximum Gasteiger partial charge on any atom is 0.435 e. The van der Waals surface area contributed by atoms with Crippen LogP contribution in [0, 0.1) is 0 Å². The van der Waals surface area contributed by atoms with Gasteiger partial charge in [0.2, 0.25) is 0 Å². The summed E-state index contributed by atoms with van der Waals surface area (Å²) in [5, 5.41) is 9.50. The van der Waals surface area contributed by atoms with Crippen LogP contribution in [-0.4, -0.2) is 25.5 Å².